The van der Waals surface area contributed by atoms with Gasteiger partial charge in [0.05, 0.1) is 5.69 Å². The summed E-state index contributed by atoms with van der Waals surface area (Å²) in [6, 6.07) is 8.29. The predicted octanol–water partition coefficient (Wildman–Crippen LogP) is 4.07. The molecule has 25 heavy (non-hydrogen) atoms. The highest BCUT2D eigenvalue weighted by atomic mass is 79.9. The van der Waals surface area contributed by atoms with Crippen LogP contribution in [0.25, 0.3) is 0 Å². The summed E-state index contributed by atoms with van der Waals surface area (Å²) >= 11 is 6.62. The molecule has 0 fully saturated rings. The summed E-state index contributed by atoms with van der Waals surface area (Å²) in [6.07, 6.45) is 1.33. The number of rotatable bonds is 6. The van der Waals surface area contributed by atoms with Crippen molar-refractivity contribution in [3.63, 3.8) is 0 Å². The van der Waals surface area contributed by atoms with Gasteiger partial charge in [-0.2, -0.15) is 0 Å². The quantitative estimate of drug-likeness (QED) is 0.598. The number of nitrogens with one attached hydrogen (secondary N) is 2. The summed E-state index contributed by atoms with van der Waals surface area (Å²) in [5.74, 6) is -1.51. The van der Waals surface area contributed by atoms with Gasteiger partial charge >= 0.3 is 0 Å². The number of benzene rings is 2. The second-order valence-electron chi connectivity index (χ2n) is 4.86. The topological polar surface area (TPSA) is 75.3 Å². The van der Waals surface area contributed by atoms with Crippen molar-refractivity contribution < 1.29 is 17.6 Å². The molecule has 0 aliphatic carbocycles. The number of carbonyl (C=O) groups excluding carboxylic acids is 1. The van der Waals surface area contributed by atoms with Crippen LogP contribution in [0.5, 0.6) is 0 Å². The molecule has 132 valence electrons. The molecule has 0 radical (unpaired) electrons. The Morgan fingerprint density at radius 3 is 2.56 bits per heavy atom. The number of carbonyl (C=O) groups is 1. The predicted molar refractivity (Wildman–Crippen MR) is 102 cm³/mol. The Labute approximate surface area is 161 Å². The monoisotopic (exact) mass is 490 g/mol. The molecule has 2 aromatic rings. The Kier molecular flexibility index (Phi) is 6.50. The van der Waals surface area contributed by atoms with Crippen molar-refractivity contribution in [2.75, 3.05) is 11.9 Å². The fourth-order valence-corrected chi connectivity index (χ4v) is 4.13. The first-order valence-electron chi connectivity index (χ1n) is 6.91. The molecular weight excluding hydrogens is 479 g/mol. The van der Waals surface area contributed by atoms with Crippen LogP contribution in [0.2, 0.25) is 0 Å². The van der Waals surface area contributed by atoms with Crippen LogP contribution in [0, 0.1) is 5.82 Å². The number of sulfonamides is 1. The smallest absolute Gasteiger partial charge is 0.255 e. The molecule has 5 nitrogen and oxygen atoms in total. The van der Waals surface area contributed by atoms with Gasteiger partial charge in [0.25, 0.3) is 5.91 Å². The second kappa shape index (κ2) is 8.22. The number of hydrogen-bond acceptors (Lipinski definition) is 3. The lowest BCUT2D eigenvalue weighted by Crippen LogP contribution is -2.25. The van der Waals surface area contributed by atoms with Gasteiger partial charge in [-0.05, 0) is 52.3 Å². The maximum atomic E-state index is 13.9. The van der Waals surface area contributed by atoms with E-state index in [4.69, 9.17) is 0 Å². The molecule has 0 atom stereocenters. The van der Waals surface area contributed by atoms with Gasteiger partial charge in [0.15, 0.2) is 0 Å². The summed E-state index contributed by atoms with van der Waals surface area (Å²) < 4.78 is 41.7. The zero-order valence-corrected chi connectivity index (χ0v) is 16.7. The van der Waals surface area contributed by atoms with E-state index in [0.29, 0.717) is 10.2 Å². The molecule has 0 aliphatic rings. The maximum Gasteiger partial charge on any atom is 0.255 e. The maximum absolute atomic E-state index is 13.9. The van der Waals surface area contributed by atoms with Crippen LogP contribution >= 0.6 is 31.9 Å². The van der Waals surface area contributed by atoms with E-state index in [0.717, 1.165) is 16.6 Å². The summed E-state index contributed by atoms with van der Waals surface area (Å²) in [4.78, 5) is 11.8. The fourth-order valence-electron chi connectivity index (χ4n) is 1.88. The second-order valence-corrected chi connectivity index (χ2v) is 8.37. The molecule has 2 aromatic carbocycles. The zero-order valence-electron chi connectivity index (χ0n) is 12.7. The SMILES string of the molecule is C=CCNS(=O)(=O)c1cc(C(=O)Nc2ccc(Br)cc2Br)ccc1F. The third kappa shape index (κ3) is 4.97. The highest BCUT2D eigenvalue weighted by Crippen LogP contribution is 2.27. The van der Waals surface area contributed by atoms with E-state index >= 15 is 0 Å². The van der Waals surface area contributed by atoms with E-state index in [-0.39, 0.29) is 12.1 Å². The molecule has 0 saturated heterocycles. The van der Waals surface area contributed by atoms with Gasteiger partial charge in [-0.1, -0.05) is 22.0 Å². The summed E-state index contributed by atoms with van der Waals surface area (Å²) in [5.41, 5.74) is 0.502. The third-order valence-corrected chi connectivity index (χ3v) is 5.67. The first kappa shape index (κ1) is 19.8. The highest BCUT2D eigenvalue weighted by Gasteiger charge is 2.21. The van der Waals surface area contributed by atoms with Crippen LogP contribution in [0.1, 0.15) is 10.4 Å². The molecule has 1 amide bonds. The van der Waals surface area contributed by atoms with E-state index in [2.05, 4.69) is 48.5 Å². The first-order valence-corrected chi connectivity index (χ1v) is 9.98. The zero-order chi connectivity index (χ0) is 18.6. The Bertz CT molecular complexity index is 933. The molecule has 0 aromatic heterocycles. The molecule has 0 bridgehead atoms. The van der Waals surface area contributed by atoms with Crippen molar-refractivity contribution in [2.24, 2.45) is 0 Å². The van der Waals surface area contributed by atoms with Crippen molar-refractivity contribution in [1.82, 2.24) is 4.72 Å². The van der Waals surface area contributed by atoms with Gasteiger partial charge in [-0.25, -0.2) is 17.5 Å². The molecule has 0 heterocycles. The van der Waals surface area contributed by atoms with E-state index in [1.165, 1.54) is 12.1 Å². The molecule has 9 heteroatoms. The molecular formula is C16H13Br2FN2O3S. The lowest BCUT2D eigenvalue weighted by atomic mass is 10.2. The van der Waals surface area contributed by atoms with Crippen molar-refractivity contribution in [3.05, 3.63) is 69.4 Å². The average molecular weight is 492 g/mol. The van der Waals surface area contributed by atoms with Crippen LogP contribution in [-0.4, -0.2) is 20.9 Å². The van der Waals surface area contributed by atoms with Gasteiger partial charge in [0, 0.05) is 21.1 Å². The number of halogens is 3. The van der Waals surface area contributed by atoms with Gasteiger partial charge in [0.2, 0.25) is 10.0 Å². The number of amides is 1. The van der Waals surface area contributed by atoms with E-state index in [1.807, 2.05) is 0 Å². The Balaban J connectivity index is 2.32. The summed E-state index contributed by atoms with van der Waals surface area (Å²) in [7, 11) is -4.09. The number of hydrogen-bond donors (Lipinski definition) is 2. The minimum absolute atomic E-state index is 0.00944. The van der Waals surface area contributed by atoms with Crippen molar-refractivity contribution in [2.45, 2.75) is 4.90 Å². The third-order valence-electron chi connectivity index (χ3n) is 3.08. The van der Waals surface area contributed by atoms with Crippen LogP contribution < -0.4 is 10.0 Å². The summed E-state index contributed by atoms with van der Waals surface area (Å²) in [5, 5.41) is 2.63. The van der Waals surface area contributed by atoms with Gasteiger partial charge in [0.1, 0.15) is 10.7 Å². The number of anilines is 1. The summed E-state index contributed by atoms with van der Waals surface area (Å²) in [6.45, 7) is 3.34. The van der Waals surface area contributed by atoms with Crippen molar-refractivity contribution in [1.29, 1.82) is 0 Å². The molecule has 0 unspecified atom stereocenters. The minimum Gasteiger partial charge on any atom is -0.321 e. The van der Waals surface area contributed by atoms with Gasteiger partial charge in [-0.3, -0.25) is 4.79 Å². The van der Waals surface area contributed by atoms with Gasteiger partial charge < -0.3 is 5.32 Å². The van der Waals surface area contributed by atoms with Crippen molar-refractivity contribution in [3.8, 4) is 0 Å². The largest absolute Gasteiger partial charge is 0.321 e. The molecule has 2 rings (SSSR count). The normalized spacial score (nSPS) is 11.2. The highest BCUT2D eigenvalue weighted by molar-refractivity contribution is 9.11. The van der Waals surface area contributed by atoms with Crippen LogP contribution in [0.15, 0.2) is 62.9 Å². The van der Waals surface area contributed by atoms with E-state index in [1.54, 1.807) is 18.2 Å². The Morgan fingerprint density at radius 1 is 1.20 bits per heavy atom. The lowest BCUT2D eigenvalue weighted by molar-refractivity contribution is 0.102. The molecule has 0 aliphatic heterocycles. The van der Waals surface area contributed by atoms with Crippen LogP contribution in [0.3, 0.4) is 0 Å². The van der Waals surface area contributed by atoms with Crippen LogP contribution in [-0.2, 0) is 10.0 Å². The Hall–Kier alpha value is -1.55. The fraction of sp³-hybridized carbons (Fsp3) is 0.0625. The standard InChI is InChI=1S/C16H13Br2FN2O3S/c1-2-7-20-25(23,24)15-8-10(3-5-13(15)19)16(22)21-14-6-4-11(17)9-12(14)18/h2-6,8-9,20H,1,7H2,(H,21,22). The Morgan fingerprint density at radius 2 is 1.92 bits per heavy atom. The minimum atomic E-state index is -4.09. The van der Waals surface area contributed by atoms with E-state index < -0.39 is 26.6 Å². The van der Waals surface area contributed by atoms with Gasteiger partial charge in [-0.15, -0.1) is 6.58 Å². The van der Waals surface area contributed by atoms with Crippen molar-refractivity contribution >= 4 is 53.5 Å². The molecule has 0 spiro atoms. The van der Waals surface area contributed by atoms with E-state index in [9.17, 15) is 17.6 Å². The molecule has 0 saturated carbocycles. The molecule has 2 N–H and O–H groups in total. The van der Waals surface area contributed by atoms with Crippen LogP contribution in [0.4, 0.5) is 10.1 Å². The lowest BCUT2D eigenvalue weighted by Gasteiger charge is -2.10. The first-order chi connectivity index (χ1) is 11.7. The average Bonchev–Trinajstić information content (AvgIpc) is 2.55.